The minimum Gasteiger partial charge on any atom is -0.311 e. The zero-order valence-electron chi connectivity index (χ0n) is 30.9. The zero-order chi connectivity index (χ0) is 31.6. The van der Waals surface area contributed by atoms with Gasteiger partial charge in [-0.1, -0.05) is 188 Å². The van der Waals surface area contributed by atoms with Gasteiger partial charge in [-0.15, -0.1) is 0 Å². The molecule has 43 heavy (non-hydrogen) atoms. The number of allylic oxidation sites excluding steroid dienone is 4. The third kappa shape index (κ3) is 31.2. The van der Waals surface area contributed by atoms with Crippen molar-refractivity contribution < 1.29 is 0 Å². The zero-order valence-corrected chi connectivity index (χ0v) is 30.9. The minimum absolute atomic E-state index is 0.730. The summed E-state index contributed by atoms with van der Waals surface area (Å²) in [6, 6.07) is 1.47. The van der Waals surface area contributed by atoms with E-state index >= 15 is 0 Å². The highest BCUT2D eigenvalue weighted by molar-refractivity contribution is 5.02. The van der Waals surface area contributed by atoms with Crippen molar-refractivity contribution in [3.05, 3.63) is 24.3 Å². The number of hydrogen-bond acceptors (Lipinski definition) is 1. The monoisotopic (exact) mass is 602 g/mol. The summed E-state index contributed by atoms with van der Waals surface area (Å²) in [7, 11) is 0. The molecule has 0 saturated carbocycles. The molecule has 0 bridgehead atoms. The van der Waals surface area contributed by atoms with Gasteiger partial charge >= 0.3 is 0 Å². The van der Waals surface area contributed by atoms with Gasteiger partial charge in [0.2, 0.25) is 0 Å². The highest BCUT2D eigenvalue weighted by Crippen LogP contribution is 2.23. The van der Waals surface area contributed by atoms with Crippen molar-refractivity contribution in [3.8, 4) is 0 Å². The Morgan fingerprint density at radius 2 is 0.814 bits per heavy atom. The average molecular weight is 602 g/mol. The van der Waals surface area contributed by atoms with Crippen molar-refractivity contribution in [1.82, 2.24) is 5.32 Å². The Kier molecular flexibility index (Phi) is 33.9. The van der Waals surface area contributed by atoms with Crippen LogP contribution in [-0.2, 0) is 0 Å². The normalized spacial score (nSPS) is 15.0. The van der Waals surface area contributed by atoms with Gasteiger partial charge in [0, 0.05) is 12.1 Å². The molecule has 0 spiro atoms. The highest BCUT2D eigenvalue weighted by atomic mass is 14.9. The molecule has 1 nitrogen and oxygen atoms in total. The van der Waals surface area contributed by atoms with Crippen LogP contribution in [0.3, 0.4) is 0 Å². The Morgan fingerprint density at radius 1 is 0.419 bits per heavy atom. The van der Waals surface area contributed by atoms with Gasteiger partial charge in [0.15, 0.2) is 0 Å². The van der Waals surface area contributed by atoms with Crippen molar-refractivity contribution in [2.45, 2.75) is 233 Å². The smallest absolute Gasteiger partial charge is 0.00696 e. The fourth-order valence-electron chi connectivity index (χ4n) is 6.80. The quantitative estimate of drug-likeness (QED) is 0.0571. The maximum absolute atomic E-state index is 4.12. The SMILES string of the molecule is CCCCC/C=C/C=C/CCCCCCCC(CCCCCCCCC(C)CC(C)CCCCC)NC(CC)CCCC. The highest BCUT2D eigenvalue weighted by Gasteiger charge is 2.14. The topological polar surface area (TPSA) is 12.0 Å². The van der Waals surface area contributed by atoms with Crippen LogP contribution in [0.2, 0.25) is 0 Å². The van der Waals surface area contributed by atoms with E-state index in [1.54, 1.807) is 0 Å². The Labute approximate surface area is 274 Å². The summed E-state index contributed by atoms with van der Waals surface area (Å²) in [5.74, 6) is 1.85. The van der Waals surface area contributed by atoms with Crippen LogP contribution in [0.5, 0.6) is 0 Å². The summed E-state index contributed by atoms with van der Waals surface area (Å²) in [5.41, 5.74) is 0. The molecule has 256 valence electrons. The molecule has 1 heteroatoms. The molecule has 4 atom stereocenters. The van der Waals surface area contributed by atoms with E-state index in [0.717, 1.165) is 23.9 Å². The molecule has 0 amide bonds. The van der Waals surface area contributed by atoms with Crippen LogP contribution in [0.15, 0.2) is 24.3 Å². The van der Waals surface area contributed by atoms with Gasteiger partial charge in [-0.25, -0.2) is 0 Å². The van der Waals surface area contributed by atoms with Crippen molar-refractivity contribution >= 4 is 0 Å². The Morgan fingerprint density at radius 3 is 1.33 bits per heavy atom. The van der Waals surface area contributed by atoms with E-state index in [2.05, 4.69) is 71.2 Å². The predicted molar refractivity (Wildman–Crippen MR) is 199 cm³/mol. The van der Waals surface area contributed by atoms with Crippen molar-refractivity contribution in [1.29, 1.82) is 0 Å². The van der Waals surface area contributed by atoms with Crippen LogP contribution < -0.4 is 5.32 Å². The molecule has 0 aliphatic heterocycles. The third-order valence-corrected chi connectivity index (χ3v) is 9.76. The lowest BCUT2D eigenvalue weighted by atomic mass is 9.89. The number of unbranched alkanes of at least 4 members (excludes halogenated alkanes) is 16. The van der Waals surface area contributed by atoms with Gasteiger partial charge in [-0.05, 0) is 69.6 Å². The van der Waals surface area contributed by atoms with E-state index in [9.17, 15) is 0 Å². The van der Waals surface area contributed by atoms with E-state index in [4.69, 9.17) is 0 Å². The summed E-state index contributed by atoms with van der Waals surface area (Å²) in [6.07, 6.45) is 48.1. The third-order valence-electron chi connectivity index (χ3n) is 9.76. The van der Waals surface area contributed by atoms with Gasteiger partial charge in [-0.3, -0.25) is 0 Å². The Balaban J connectivity index is 4.08. The van der Waals surface area contributed by atoms with Crippen molar-refractivity contribution in [2.24, 2.45) is 11.8 Å². The molecule has 0 aliphatic rings. The van der Waals surface area contributed by atoms with Crippen LogP contribution in [0.25, 0.3) is 0 Å². The second-order valence-electron chi connectivity index (χ2n) is 14.4. The predicted octanol–water partition coefficient (Wildman–Crippen LogP) is 14.7. The molecule has 0 aliphatic carbocycles. The fourth-order valence-corrected chi connectivity index (χ4v) is 6.80. The summed E-state index contributed by atoms with van der Waals surface area (Å²) >= 11 is 0. The van der Waals surface area contributed by atoms with E-state index in [-0.39, 0.29) is 0 Å². The Hall–Kier alpha value is -0.560. The largest absolute Gasteiger partial charge is 0.311 e. The van der Waals surface area contributed by atoms with Crippen LogP contribution in [0, 0.1) is 11.8 Å². The first-order valence-electron chi connectivity index (χ1n) is 20.1. The molecule has 0 rings (SSSR count). The van der Waals surface area contributed by atoms with E-state index in [1.165, 1.54) is 180 Å². The molecule has 0 heterocycles. The molecular weight excluding hydrogens is 518 g/mol. The second kappa shape index (κ2) is 34.3. The summed E-state index contributed by atoms with van der Waals surface area (Å²) in [4.78, 5) is 0. The standard InChI is InChI=1S/C42H83N/c1-7-11-14-15-16-17-18-19-20-21-22-23-27-31-36-42(43-41(10-4)35-13-9-3)37-32-28-25-24-26-30-34-40(6)38-39(5)33-29-12-8-2/h16-19,39-43H,7-15,20-38H2,1-6H3/b17-16+,19-18+. The van der Waals surface area contributed by atoms with Gasteiger partial charge in [0.1, 0.15) is 0 Å². The molecule has 4 unspecified atom stereocenters. The van der Waals surface area contributed by atoms with Crippen LogP contribution in [-0.4, -0.2) is 12.1 Å². The molecule has 0 aromatic rings. The molecule has 0 fully saturated rings. The fraction of sp³-hybridized carbons (Fsp3) is 0.905. The molecular formula is C42H83N. The van der Waals surface area contributed by atoms with Crippen LogP contribution in [0.4, 0.5) is 0 Å². The summed E-state index contributed by atoms with van der Waals surface area (Å²) < 4.78 is 0. The molecule has 0 aromatic heterocycles. The van der Waals surface area contributed by atoms with E-state index < -0.39 is 0 Å². The summed E-state index contributed by atoms with van der Waals surface area (Å²) in [5, 5.41) is 4.12. The van der Waals surface area contributed by atoms with Gasteiger partial charge in [-0.2, -0.15) is 0 Å². The second-order valence-corrected chi connectivity index (χ2v) is 14.4. The number of rotatable bonds is 34. The first kappa shape index (κ1) is 42.4. The molecule has 0 aromatic carbocycles. The molecule has 0 radical (unpaired) electrons. The van der Waals surface area contributed by atoms with E-state index in [1.807, 2.05) is 0 Å². The number of nitrogens with one attached hydrogen (secondary N) is 1. The van der Waals surface area contributed by atoms with Crippen molar-refractivity contribution in [2.75, 3.05) is 0 Å². The maximum atomic E-state index is 4.12. The first-order chi connectivity index (χ1) is 21.1. The van der Waals surface area contributed by atoms with Gasteiger partial charge in [0.05, 0.1) is 0 Å². The number of hydrogen-bond donors (Lipinski definition) is 1. The van der Waals surface area contributed by atoms with Crippen molar-refractivity contribution in [3.63, 3.8) is 0 Å². The van der Waals surface area contributed by atoms with Gasteiger partial charge in [0.25, 0.3) is 0 Å². The average Bonchev–Trinajstić information content (AvgIpc) is 3.00. The lowest BCUT2D eigenvalue weighted by molar-refractivity contribution is 0.342. The summed E-state index contributed by atoms with van der Waals surface area (Å²) in [6.45, 7) is 14.3. The lowest BCUT2D eigenvalue weighted by Gasteiger charge is -2.25. The van der Waals surface area contributed by atoms with E-state index in [0.29, 0.717) is 0 Å². The lowest BCUT2D eigenvalue weighted by Crippen LogP contribution is -2.38. The van der Waals surface area contributed by atoms with Crippen LogP contribution >= 0.6 is 0 Å². The first-order valence-corrected chi connectivity index (χ1v) is 20.1. The maximum Gasteiger partial charge on any atom is 0.00696 e. The van der Waals surface area contributed by atoms with Gasteiger partial charge < -0.3 is 5.32 Å². The molecule has 0 saturated heterocycles. The minimum atomic E-state index is 0.730. The Bertz CT molecular complexity index is 577. The van der Waals surface area contributed by atoms with Crippen LogP contribution in [0.1, 0.15) is 221 Å². The molecule has 1 N–H and O–H groups in total.